The van der Waals surface area contributed by atoms with Gasteiger partial charge in [-0.1, -0.05) is 0 Å². The molecule has 0 bridgehead atoms. The Bertz CT molecular complexity index is 240. The van der Waals surface area contributed by atoms with E-state index in [1.54, 1.807) is 7.11 Å². The van der Waals surface area contributed by atoms with Crippen molar-refractivity contribution in [3.63, 3.8) is 0 Å². The molecule has 106 valence electrons. The Labute approximate surface area is 110 Å². The summed E-state index contributed by atoms with van der Waals surface area (Å²) < 4.78 is 4.95. The van der Waals surface area contributed by atoms with Crippen molar-refractivity contribution in [3.05, 3.63) is 0 Å². The number of nitrogens with zero attached hydrogens (tertiary/aromatic N) is 1. The molecule has 1 atom stereocenters. The summed E-state index contributed by atoms with van der Waals surface area (Å²) in [5.41, 5.74) is 5.82. The Hall–Kier alpha value is -0.650. The highest BCUT2D eigenvalue weighted by atomic mass is 16.5. The lowest BCUT2D eigenvalue weighted by atomic mass is 9.97. The first-order chi connectivity index (χ1) is 8.63. The summed E-state index contributed by atoms with van der Waals surface area (Å²) in [6.45, 7) is 3.68. The number of hydrogen-bond donors (Lipinski definition) is 2. The van der Waals surface area contributed by atoms with Gasteiger partial charge in [0.2, 0.25) is 5.91 Å². The molecule has 1 unspecified atom stereocenters. The lowest BCUT2D eigenvalue weighted by molar-refractivity contribution is -0.122. The maximum atomic E-state index is 11.8. The number of rotatable bonds is 7. The number of amides is 1. The predicted molar refractivity (Wildman–Crippen MR) is 72.3 cm³/mol. The SMILES string of the molecule is COCCCC(N)C(=O)NCC1CCN(C)CC1. The number of piperidine rings is 1. The molecule has 18 heavy (non-hydrogen) atoms. The second-order valence-electron chi connectivity index (χ2n) is 5.23. The van der Waals surface area contributed by atoms with Crippen LogP contribution in [0.1, 0.15) is 25.7 Å². The molecule has 0 aromatic rings. The summed E-state index contributed by atoms with van der Waals surface area (Å²) in [4.78, 5) is 14.1. The number of nitrogens with two attached hydrogens (primary N) is 1. The van der Waals surface area contributed by atoms with Crippen LogP contribution in [0.25, 0.3) is 0 Å². The van der Waals surface area contributed by atoms with Crippen molar-refractivity contribution in [1.29, 1.82) is 0 Å². The minimum absolute atomic E-state index is 0.0231. The molecule has 0 spiro atoms. The largest absolute Gasteiger partial charge is 0.385 e. The molecule has 0 aliphatic carbocycles. The number of likely N-dealkylation sites (tertiary alicyclic amines) is 1. The van der Waals surface area contributed by atoms with E-state index in [2.05, 4.69) is 17.3 Å². The van der Waals surface area contributed by atoms with E-state index in [1.165, 1.54) is 0 Å². The van der Waals surface area contributed by atoms with Crippen molar-refractivity contribution in [3.8, 4) is 0 Å². The zero-order valence-corrected chi connectivity index (χ0v) is 11.7. The first-order valence-electron chi connectivity index (χ1n) is 6.84. The summed E-state index contributed by atoms with van der Waals surface area (Å²) in [6.07, 6.45) is 3.85. The highest BCUT2D eigenvalue weighted by molar-refractivity contribution is 5.81. The molecule has 1 aliphatic heterocycles. The summed E-state index contributed by atoms with van der Waals surface area (Å²) in [5.74, 6) is 0.585. The van der Waals surface area contributed by atoms with Gasteiger partial charge in [-0.25, -0.2) is 0 Å². The summed E-state index contributed by atoms with van der Waals surface area (Å²) in [6, 6.07) is -0.397. The molecule has 0 saturated carbocycles. The first-order valence-corrected chi connectivity index (χ1v) is 6.84. The molecular weight excluding hydrogens is 230 g/mol. The number of hydrogen-bond acceptors (Lipinski definition) is 4. The van der Waals surface area contributed by atoms with Crippen LogP contribution in [0, 0.1) is 5.92 Å². The molecule has 1 amide bonds. The van der Waals surface area contributed by atoms with E-state index in [9.17, 15) is 4.79 Å². The van der Waals surface area contributed by atoms with Crippen LogP contribution in [-0.2, 0) is 9.53 Å². The molecule has 1 heterocycles. The van der Waals surface area contributed by atoms with Gasteiger partial charge in [-0.3, -0.25) is 4.79 Å². The summed E-state index contributed by atoms with van der Waals surface area (Å²) in [5, 5.41) is 2.97. The first kappa shape index (κ1) is 15.4. The zero-order valence-electron chi connectivity index (χ0n) is 11.7. The Balaban J connectivity index is 2.12. The molecule has 0 aromatic heterocycles. The Morgan fingerprint density at radius 3 is 2.78 bits per heavy atom. The molecule has 3 N–H and O–H groups in total. The highest BCUT2D eigenvalue weighted by Gasteiger charge is 2.19. The highest BCUT2D eigenvalue weighted by Crippen LogP contribution is 2.14. The third-order valence-electron chi connectivity index (χ3n) is 3.60. The molecule has 5 heteroatoms. The molecule has 1 saturated heterocycles. The maximum Gasteiger partial charge on any atom is 0.236 e. The third-order valence-corrected chi connectivity index (χ3v) is 3.60. The van der Waals surface area contributed by atoms with E-state index in [1.807, 2.05) is 0 Å². The number of ether oxygens (including phenoxy) is 1. The van der Waals surface area contributed by atoms with Gasteiger partial charge in [0, 0.05) is 20.3 Å². The number of methoxy groups -OCH3 is 1. The van der Waals surface area contributed by atoms with Crippen molar-refractivity contribution in [2.45, 2.75) is 31.7 Å². The number of carbonyl (C=O) groups excluding carboxylic acids is 1. The smallest absolute Gasteiger partial charge is 0.236 e. The molecular formula is C13H27N3O2. The number of carbonyl (C=O) groups is 1. The topological polar surface area (TPSA) is 67.6 Å². The Kier molecular flexibility index (Phi) is 7.23. The molecule has 1 rings (SSSR count). The normalized spacial score (nSPS) is 19.7. The lowest BCUT2D eigenvalue weighted by Gasteiger charge is -2.29. The van der Waals surface area contributed by atoms with Crippen LogP contribution < -0.4 is 11.1 Å². The second kappa shape index (κ2) is 8.45. The van der Waals surface area contributed by atoms with Gasteiger partial charge in [-0.05, 0) is 51.7 Å². The van der Waals surface area contributed by atoms with E-state index in [0.717, 1.165) is 38.9 Å². The van der Waals surface area contributed by atoms with Gasteiger partial charge in [0.15, 0.2) is 0 Å². The minimum atomic E-state index is -0.397. The van der Waals surface area contributed by atoms with Gasteiger partial charge in [-0.15, -0.1) is 0 Å². The van der Waals surface area contributed by atoms with E-state index in [0.29, 0.717) is 18.9 Å². The molecule has 0 aromatic carbocycles. The van der Waals surface area contributed by atoms with Crippen LogP contribution in [0.2, 0.25) is 0 Å². The minimum Gasteiger partial charge on any atom is -0.385 e. The van der Waals surface area contributed by atoms with Crippen molar-refractivity contribution in [2.75, 3.05) is 40.4 Å². The van der Waals surface area contributed by atoms with Gasteiger partial charge in [0.1, 0.15) is 0 Å². The fraction of sp³-hybridized carbons (Fsp3) is 0.923. The molecule has 1 fully saturated rings. The Morgan fingerprint density at radius 2 is 2.17 bits per heavy atom. The van der Waals surface area contributed by atoms with Crippen molar-refractivity contribution >= 4 is 5.91 Å². The van der Waals surface area contributed by atoms with Crippen molar-refractivity contribution in [1.82, 2.24) is 10.2 Å². The number of nitrogens with one attached hydrogen (secondary N) is 1. The van der Waals surface area contributed by atoms with Crippen LogP contribution in [0.5, 0.6) is 0 Å². The van der Waals surface area contributed by atoms with E-state index in [4.69, 9.17) is 10.5 Å². The average molecular weight is 257 g/mol. The third kappa shape index (κ3) is 5.80. The van der Waals surface area contributed by atoms with Gasteiger partial charge >= 0.3 is 0 Å². The fourth-order valence-electron chi connectivity index (χ4n) is 2.22. The van der Waals surface area contributed by atoms with Crippen LogP contribution in [0.4, 0.5) is 0 Å². The van der Waals surface area contributed by atoms with Crippen LogP contribution in [0.3, 0.4) is 0 Å². The van der Waals surface area contributed by atoms with Gasteiger partial charge in [0.25, 0.3) is 0 Å². The fourth-order valence-corrected chi connectivity index (χ4v) is 2.22. The van der Waals surface area contributed by atoms with Crippen LogP contribution in [0.15, 0.2) is 0 Å². The standard InChI is InChI=1S/C13H27N3O2/c1-16-7-5-11(6-8-16)10-15-13(17)12(14)4-3-9-18-2/h11-12H,3-10,14H2,1-2H3,(H,15,17). The lowest BCUT2D eigenvalue weighted by Crippen LogP contribution is -2.44. The van der Waals surface area contributed by atoms with Crippen LogP contribution >= 0.6 is 0 Å². The van der Waals surface area contributed by atoms with E-state index < -0.39 is 6.04 Å². The maximum absolute atomic E-state index is 11.8. The predicted octanol–water partition coefficient (Wildman–Crippen LogP) is 0.198. The van der Waals surface area contributed by atoms with Gasteiger partial charge in [-0.2, -0.15) is 0 Å². The van der Waals surface area contributed by atoms with E-state index in [-0.39, 0.29) is 5.91 Å². The Morgan fingerprint density at radius 1 is 1.50 bits per heavy atom. The van der Waals surface area contributed by atoms with Crippen molar-refractivity contribution in [2.24, 2.45) is 11.7 Å². The van der Waals surface area contributed by atoms with E-state index >= 15 is 0 Å². The quantitative estimate of drug-likeness (QED) is 0.639. The van der Waals surface area contributed by atoms with Gasteiger partial charge < -0.3 is 20.7 Å². The second-order valence-corrected chi connectivity index (χ2v) is 5.23. The van der Waals surface area contributed by atoms with Gasteiger partial charge in [0.05, 0.1) is 6.04 Å². The zero-order chi connectivity index (χ0) is 13.4. The molecule has 5 nitrogen and oxygen atoms in total. The summed E-state index contributed by atoms with van der Waals surface area (Å²) in [7, 11) is 3.80. The van der Waals surface area contributed by atoms with Crippen LogP contribution in [-0.4, -0.2) is 57.2 Å². The summed E-state index contributed by atoms with van der Waals surface area (Å²) >= 11 is 0. The molecule has 1 aliphatic rings. The monoisotopic (exact) mass is 257 g/mol. The molecule has 0 radical (unpaired) electrons. The average Bonchev–Trinajstić information content (AvgIpc) is 2.38. The van der Waals surface area contributed by atoms with Crippen molar-refractivity contribution < 1.29 is 9.53 Å².